The van der Waals surface area contributed by atoms with Gasteiger partial charge in [0.15, 0.2) is 0 Å². The van der Waals surface area contributed by atoms with E-state index in [0.29, 0.717) is 24.9 Å². The van der Waals surface area contributed by atoms with Gasteiger partial charge in [0, 0.05) is 31.3 Å². The third-order valence-electron chi connectivity index (χ3n) is 3.82. The molecule has 0 radical (unpaired) electrons. The number of para-hydroxylation sites is 1. The number of aromatic nitrogens is 2. The summed E-state index contributed by atoms with van der Waals surface area (Å²) >= 11 is 0. The Balaban J connectivity index is 1.55. The van der Waals surface area contributed by atoms with Crippen LogP contribution >= 0.6 is 0 Å². The van der Waals surface area contributed by atoms with Crippen LogP contribution in [0, 0.1) is 5.92 Å². The Kier molecular flexibility index (Phi) is 3.91. The van der Waals surface area contributed by atoms with Crippen molar-refractivity contribution in [3.63, 3.8) is 0 Å². The number of carbonyl (C=O) groups excluding carboxylic acids is 2. The molecule has 1 aliphatic rings. The fraction of sp³-hybridized carbons (Fsp3) is 0.312. The molecule has 1 aromatic heterocycles. The number of hydrogen-bond donors (Lipinski definition) is 2. The second-order valence-corrected chi connectivity index (χ2v) is 5.54. The second kappa shape index (κ2) is 6.01. The normalized spacial score (nSPS) is 16.8. The van der Waals surface area contributed by atoms with Crippen molar-refractivity contribution in [3.8, 4) is 0 Å². The monoisotopic (exact) mass is 298 g/mol. The predicted octanol–water partition coefficient (Wildman–Crippen LogP) is 1.95. The molecule has 2 N–H and O–H groups in total. The number of aryl methyl sites for hydroxylation is 1. The lowest BCUT2D eigenvalue weighted by molar-refractivity contribution is -0.121. The summed E-state index contributed by atoms with van der Waals surface area (Å²) in [4.78, 5) is 24.0. The number of anilines is 2. The van der Waals surface area contributed by atoms with Crippen LogP contribution in [0.4, 0.5) is 11.4 Å². The molecule has 0 unspecified atom stereocenters. The summed E-state index contributed by atoms with van der Waals surface area (Å²) in [6.45, 7) is 0. The topological polar surface area (TPSA) is 76.0 Å². The summed E-state index contributed by atoms with van der Waals surface area (Å²) in [5.74, 6) is -0.262. The molecule has 2 heterocycles. The first-order valence-electron chi connectivity index (χ1n) is 7.29. The summed E-state index contributed by atoms with van der Waals surface area (Å²) in [5.41, 5.74) is 2.68. The quantitative estimate of drug-likeness (QED) is 0.906. The zero-order valence-electron chi connectivity index (χ0n) is 12.4. The zero-order chi connectivity index (χ0) is 15.5. The van der Waals surface area contributed by atoms with Crippen LogP contribution in [-0.4, -0.2) is 21.6 Å². The average Bonchev–Trinajstić information content (AvgIpc) is 2.90. The molecule has 1 aliphatic heterocycles. The van der Waals surface area contributed by atoms with Gasteiger partial charge in [0.25, 0.3) is 0 Å². The number of hydrogen-bond acceptors (Lipinski definition) is 3. The SMILES string of the molecule is Cn1cc(NC(=O)CC[C@@H]2Cc3ccccc3NC2=O)cn1. The highest BCUT2D eigenvalue weighted by Crippen LogP contribution is 2.27. The lowest BCUT2D eigenvalue weighted by atomic mass is 9.89. The first-order chi connectivity index (χ1) is 10.6. The van der Waals surface area contributed by atoms with Crippen molar-refractivity contribution in [1.82, 2.24) is 9.78 Å². The maximum absolute atomic E-state index is 12.1. The molecule has 3 rings (SSSR count). The maximum Gasteiger partial charge on any atom is 0.227 e. The Bertz CT molecular complexity index is 708. The van der Waals surface area contributed by atoms with Gasteiger partial charge in [-0.1, -0.05) is 18.2 Å². The lowest BCUT2D eigenvalue weighted by Gasteiger charge is -2.24. The second-order valence-electron chi connectivity index (χ2n) is 5.54. The molecule has 0 spiro atoms. The summed E-state index contributed by atoms with van der Waals surface area (Å²) in [7, 11) is 1.79. The van der Waals surface area contributed by atoms with E-state index in [1.807, 2.05) is 24.3 Å². The molecule has 0 saturated heterocycles. The Morgan fingerprint density at radius 3 is 3.05 bits per heavy atom. The van der Waals surface area contributed by atoms with Crippen LogP contribution in [0.15, 0.2) is 36.7 Å². The molecule has 6 heteroatoms. The van der Waals surface area contributed by atoms with E-state index in [0.717, 1.165) is 11.3 Å². The van der Waals surface area contributed by atoms with Crippen LogP contribution in [0.25, 0.3) is 0 Å². The van der Waals surface area contributed by atoms with Crippen LogP contribution in [0.2, 0.25) is 0 Å². The van der Waals surface area contributed by atoms with E-state index >= 15 is 0 Å². The molecule has 0 saturated carbocycles. The van der Waals surface area contributed by atoms with Crippen LogP contribution < -0.4 is 10.6 Å². The Morgan fingerprint density at radius 1 is 1.45 bits per heavy atom. The van der Waals surface area contributed by atoms with Gasteiger partial charge in [0.2, 0.25) is 11.8 Å². The van der Waals surface area contributed by atoms with Gasteiger partial charge < -0.3 is 10.6 Å². The van der Waals surface area contributed by atoms with Crippen molar-refractivity contribution < 1.29 is 9.59 Å². The Morgan fingerprint density at radius 2 is 2.27 bits per heavy atom. The standard InChI is InChI=1S/C16H18N4O2/c1-20-10-13(9-17-20)18-15(21)7-6-12-8-11-4-2-3-5-14(11)19-16(12)22/h2-5,9-10,12H,6-8H2,1H3,(H,18,21)(H,19,22)/t12-/m1/s1. The predicted molar refractivity (Wildman–Crippen MR) is 83.3 cm³/mol. The van der Waals surface area contributed by atoms with E-state index < -0.39 is 0 Å². The van der Waals surface area contributed by atoms with Crippen LogP contribution in [0.5, 0.6) is 0 Å². The first-order valence-corrected chi connectivity index (χ1v) is 7.29. The van der Waals surface area contributed by atoms with Gasteiger partial charge in [-0.25, -0.2) is 0 Å². The summed E-state index contributed by atoms with van der Waals surface area (Å²) in [5, 5.41) is 9.68. The maximum atomic E-state index is 12.1. The number of carbonyl (C=O) groups is 2. The lowest BCUT2D eigenvalue weighted by Crippen LogP contribution is -2.30. The number of benzene rings is 1. The molecule has 2 aromatic rings. The van der Waals surface area contributed by atoms with Gasteiger partial charge in [-0.15, -0.1) is 0 Å². The summed E-state index contributed by atoms with van der Waals surface area (Å²) in [6.07, 6.45) is 4.87. The van der Waals surface area contributed by atoms with Gasteiger partial charge in [0.1, 0.15) is 0 Å². The van der Waals surface area contributed by atoms with Crippen LogP contribution in [-0.2, 0) is 23.1 Å². The van der Waals surface area contributed by atoms with E-state index in [1.54, 1.807) is 24.1 Å². The number of rotatable bonds is 4. The van der Waals surface area contributed by atoms with Crippen LogP contribution in [0.1, 0.15) is 18.4 Å². The highest BCUT2D eigenvalue weighted by Gasteiger charge is 2.26. The number of nitrogens with one attached hydrogen (secondary N) is 2. The summed E-state index contributed by atoms with van der Waals surface area (Å²) in [6, 6.07) is 7.78. The molecule has 114 valence electrons. The molecular formula is C16H18N4O2. The first kappa shape index (κ1) is 14.3. The summed E-state index contributed by atoms with van der Waals surface area (Å²) < 4.78 is 1.63. The van der Waals surface area contributed by atoms with Gasteiger partial charge >= 0.3 is 0 Å². The number of amides is 2. The van der Waals surface area contributed by atoms with Crippen LogP contribution in [0.3, 0.4) is 0 Å². The number of nitrogens with zero attached hydrogens (tertiary/aromatic N) is 2. The minimum Gasteiger partial charge on any atom is -0.326 e. The molecule has 6 nitrogen and oxygen atoms in total. The fourth-order valence-electron chi connectivity index (χ4n) is 2.66. The zero-order valence-corrected chi connectivity index (χ0v) is 12.4. The molecule has 2 amide bonds. The largest absolute Gasteiger partial charge is 0.326 e. The van der Waals surface area contributed by atoms with Crippen molar-refractivity contribution in [2.24, 2.45) is 13.0 Å². The van der Waals surface area contributed by atoms with Crippen molar-refractivity contribution >= 4 is 23.2 Å². The Labute approximate surface area is 128 Å². The average molecular weight is 298 g/mol. The fourth-order valence-corrected chi connectivity index (χ4v) is 2.66. The van der Waals surface area contributed by atoms with Gasteiger partial charge in [-0.3, -0.25) is 14.3 Å². The molecule has 0 fully saturated rings. The van der Waals surface area contributed by atoms with Crippen molar-refractivity contribution in [3.05, 3.63) is 42.2 Å². The molecule has 1 atom stereocenters. The van der Waals surface area contributed by atoms with E-state index in [2.05, 4.69) is 15.7 Å². The van der Waals surface area contributed by atoms with Crippen molar-refractivity contribution in [1.29, 1.82) is 0 Å². The van der Waals surface area contributed by atoms with Crippen molar-refractivity contribution in [2.75, 3.05) is 10.6 Å². The highest BCUT2D eigenvalue weighted by molar-refractivity contribution is 5.96. The third-order valence-corrected chi connectivity index (χ3v) is 3.82. The van der Waals surface area contributed by atoms with Gasteiger partial charge in [0.05, 0.1) is 11.9 Å². The molecule has 22 heavy (non-hydrogen) atoms. The van der Waals surface area contributed by atoms with E-state index in [-0.39, 0.29) is 17.7 Å². The highest BCUT2D eigenvalue weighted by atomic mass is 16.2. The molecular weight excluding hydrogens is 280 g/mol. The number of fused-ring (bicyclic) bond motifs is 1. The minimum atomic E-state index is -0.158. The van der Waals surface area contributed by atoms with E-state index in [9.17, 15) is 9.59 Å². The van der Waals surface area contributed by atoms with Gasteiger partial charge in [-0.05, 0) is 24.5 Å². The van der Waals surface area contributed by atoms with E-state index in [1.165, 1.54) is 0 Å². The molecule has 0 bridgehead atoms. The molecule has 1 aromatic carbocycles. The minimum absolute atomic E-state index is 0.00659. The smallest absolute Gasteiger partial charge is 0.227 e. The van der Waals surface area contributed by atoms with Crippen molar-refractivity contribution in [2.45, 2.75) is 19.3 Å². The van der Waals surface area contributed by atoms with Gasteiger partial charge in [-0.2, -0.15) is 5.10 Å². The molecule has 0 aliphatic carbocycles. The third kappa shape index (κ3) is 3.16. The van der Waals surface area contributed by atoms with E-state index in [4.69, 9.17) is 0 Å². The Hall–Kier alpha value is -2.63.